The molecule has 0 radical (unpaired) electrons. The number of imidazole rings is 1. The van der Waals surface area contributed by atoms with E-state index in [0.717, 1.165) is 28.1 Å². The van der Waals surface area contributed by atoms with Crippen molar-refractivity contribution in [1.29, 1.82) is 0 Å². The summed E-state index contributed by atoms with van der Waals surface area (Å²) in [5.74, 6) is 1.96. The highest BCUT2D eigenvalue weighted by Gasteiger charge is 2.12. The van der Waals surface area contributed by atoms with Crippen molar-refractivity contribution in [2.75, 3.05) is 17.2 Å². The quantitative estimate of drug-likeness (QED) is 0.435. The van der Waals surface area contributed by atoms with Gasteiger partial charge in [0.15, 0.2) is 5.65 Å². The molecule has 0 saturated heterocycles. The highest BCUT2D eigenvalue weighted by Crippen LogP contribution is 2.21. The number of hydrogen-bond acceptors (Lipinski definition) is 6. The molecule has 3 heterocycles. The number of hydrogen-bond donors (Lipinski definition) is 3. The van der Waals surface area contributed by atoms with Crippen molar-refractivity contribution in [3.05, 3.63) is 52.5 Å². The minimum atomic E-state index is 0.487. The van der Waals surface area contributed by atoms with Crippen molar-refractivity contribution in [2.24, 2.45) is 0 Å². The lowest BCUT2D eigenvalue weighted by atomic mass is 10.1. The molecule has 3 aromatic heterocycles. The zero-order valence-corrected chi connectivity index (χ0v) is 16.6. The van der Waals surface area contributed by atoms with Crippen molar-refractivity contribution in [1.82, 2.24) is 29.5 Å². The number of benzene rings is 1. The Morgan fingerprint density at radius 1 is 1.11 bits per heavy atom. The van der Waals surface area contributed by atoms with E-state index in [1.807, 2.05) is 13.1 Å². The van der Waals surface area contributed by atoms with E-state index in [1.54, 1.807) is 10.7 Å². The minimum absolute atomic E-state index is 0.487. The van der Waals surface area contributed by atoms with E-state index in [4.69, 9.17) is 0 Å². The van der Waals surface area contributed by atoms with E-state index < -0.39 is 0 Å². The van der Waals surface area contributed by atoms with Gasteiger partial charge >= 0.3 is 0 Å². The normalized spacial score (nSPS) is 11.1. The fraction of sp³-hybridized carbons (Fsp3) is 0.222. The van der Waals surface area contributed by atoms with E-state index >= 15 is 0 Å². The van der Waals surface area contributed by atoms with Crippen molar-refractivity contribution in [2.45, 2.75) is 20.4 Å². The van der Waals surface area contributed by atoms with Crippen LogP contribution in [0, 0.1) is 6.92 Å². The summed E-state index contributed by atoms with van der Waals surface area (Å²) in [6, 6.07) is 8.34. The molecule has 0 amide bonds. The Kier molecular flexibility index (Phi) is 4.76. The molecule has 9 heteroatoms. The summed E-state index contributed by atoms with van der Waals surface area (Å²) in [6.07, 6.45) is 3.54. The van der Waals surface area contributed by atoms with E-state index in [0.29, 0.717) is 24.1 Å². The molecule has 0 aliphatic carbocycles. The van der Waals surface area contributed by atoms with Gasteiger partial charge in [-0.3, -0.25) is 0 Å². The maximum Gasteiger partial charge on any atom is 0.229 e. The second kappa shape index (κ2) is 7.36. The molecule has 27 heavy (non-hydrogen) atoms. The molecule has 4 aromatic rings. The van der Waals surface area contributed by atoms with Crippen molar-refractivity contribution in [3.63, 3.8) is 0 Å². The monoisotopic (exact) mass is 426 g/mol. The van der Waals surface area contributed by atoms with Gasteiger partial charge in [-0.2, -0.15) is 19.6 Å². The first-order valence-electron chi connectivity index (χ1n) is 8.64. The van der Waals surface area contributed by atoms with Gasteiger partial charge in [-0.15, -0.1) is 0 Å². The topological polar surface area (TPSA) is 95.8 Å². The Hall–Kier alpha value is -2.94. The zero-order valence-electron chi connectivity index (χ0n) is 15.0. The number of anilines is 2. The molecule has 0 fully saturated rings. The first kappa shape index (κ1) is 17.5. The predicted molar refractivity (Wildman–Crippen MR) is 109 cm³/mol. The van der Waals surface area contributed by atoms with Gasteiger partial charge in [0, 0.05) is 6.54 Å². The Labute approximate surface area is 164 Å². The van der Waals surface area contributed by atoms with Gasteiger partial charge in [0.2, 0.25) is 11.9 Å². The maximum atomic E-state index is 4.50. The van der Waals surface area contributed by atoms with Crippen LogP contribution in [-0.4, -0.2) is 36.1 Å². The summed E-state index contributed by atoms with van der Waals surface area (Å²) in [5.41, 5.74) is 4.02. The molecule has 3 N–H and O–H groups in total. The molecule has 138 valence electrons. The van der Waals surface area contributed by atoms with Crippen molar-refractivity contribution < 1.29 is 0 Å². The molecule has 4 rings (SSSR count). The molecule has 1 aromatic carbocycles. The second-order valence-electron chi connectivity index (χ2n) is 6.09. The van der Waals surface area contributed by atoms with E-state index in [1.165, 1.54) is 5.56 Å². The van der Waals surface area contributed by atoms with E-state index in [9.17, 15) is 0 Å². The summed E-state index contributed by atoms with van der Waals surface area (Å²) in [5, 5.41) is 10.7. The highest BCUT2D eigenvalue weighted by molar-refractivity contribution is 9.10. The van der Waals surface area contributed by atoms with Crippen molar-refractivity contribution >= 4 is 33.5 Å². The average molecular weight is 427 g/mol. The number of nitrogens with zero attached hydrogens (tertiary/aromatic N) is 5. The fourth-order valence-electron chi connectivity index (χ4n) is 2.70. The van der Waals surface area contributed by atoms with Crippen molar-refractivity contribution in [3.8, 4) is 11.3 Å². The highest BCUT2D eigenvalue weighted by atomic mass is 79.9. The molecule has 0 aliphatic rings. The first-order chi connectivity index (χ1) is 13.1. The zero-order chi connectivity index (χ0) is 18.8. The van der Waals surface area contributed by atoms with Crippen LogP contribution in [0.15, 0.2) is 41.1 Å². The Balaban J connectivity index is 1.56. The van der Waals surface area contributed by atoms with Crippen LogP contribution in [0.25, 0.3) is 16.9 Å². The summed E-state index contributed by atoms with van der Waals surface area (Å²) >= 11 is 3.47. The number of halogens is 1. The van der Waals surface area contributed by atoms with E-state index in [-0.39, 0.29) is 0 Å². The predicted octanol–water partition coefficient (Wildman–Crippen LogP) is 3.63. The smallest absolute Gasteiger partial charge is 0.229 e. The van der Waals surface area contributed by atoms with Crippen LogP contribution in [-0.2, 0) is 6.54 Å². The average Bonchev–Trinajstić information content (AvgIpc) is 3.28. The van der Waals surface area contributed by atoms with Gasteiger partial charge in [0.1, 0.15) is 5.82 Å². The summed E-state index contributed by atoms with van der Waals surface area (Å²) in [6.45, 7) is 5.30. The number of H-pyrrole nitrogens is 1. The molecular formula is C18H19BrN8. The summed E-state index contributed by atoms with van der Waals surface area (Å²) in [4.78, 5) is 16.8. The van der Waals surface area contributed by atoms with Crippen LogP contribution in [0.4, 0.5) is 11.9 Å². The maximum absolute atomic E-state index is 4.50. The largest absolute Gasteiger partial charge is 0.354 e. The minimum Gasteiger partial charge on any atom is -0.354 e. The lowest BCUT2D eigenvalue weighted by Gasteiger charge is -2.09. The van der Waals surface area contributed by atoms with Gasteiger partial charge in [0.25, 0.3) is 0 Å². The van der Waals surface area contributed by atoms with Crippen LogP contribution in [0.3, 0.4) is 0 Å². The van der Waals surface area contributed by atoms with Gasteiger partial charge in [-0.25, -0.2) is 4.98 Å². The number of fused-ring (bicyclic) bond motifs is 1. The van der Waals surface area contributed by atoms with Crippen LogP contribution >= 0.6 is 15.9 Å². The lowest BCUT2D eigenvalue weighted by molar-refractivity contribution is 0.867. The number of nitrogens with one attached hydrogen (secondary N) is 3. The first-order valence-corrected chi connectivity index (χ1v) is 9.43. The third-order valence-corrected chi connectivity index (χ3v) is 4.62. The molecule has 0 spiro atoms. The number of aryl methyl sites for hydroxylation is 1. The molecular weight excluding hydrogens is 408 g/mol. The molecule has 0 atom stereocenters. The van der Waals surface area contributed by atoms with Gasteiger partial charge < -0.3 is 15.6 Å². The third-order valence-electron chi connectivity index (χ3n) is 4.06. The van der Waals surface area contributed by atoms with Crippen LogP contribution in [0.2, 0.25) is 0 Å². The Bertz CT molecular complexity index is 1070. The van der Waals surface area contributed by atoms with Crippen LogP contribution in [0.1, 0.15) is 18.3 Å². The number of aromatic nitrogens is 6. The molecule has 0 saturated carbocycles. The molecule has 0 aliphatic heterocycles. The Morgan fingerprint density at radius 3 is 2.70 bits per heavy atom. The third kappa shape index (κ3) is 3.63. The number of aromatic amines is 1. The molecule has 8 nitrogen and oxygen atoms in total. The van der Waals surface area contributed by atoms with Gasteiger partial charge in [-0.1, -0.05) is 29.8 Å². The van der Waals surface area contributed by atoms with Gasteiger partial charge in [-0.05, 0) is 35.3 Å². The number of rotatable bonds is 6. The SMILES string of the molecule is CCNc1nc(NCc2ncc(-c3ccc(C)cc3)[nH]2)n2ncc(Br)c2n1. The van der Waals surface area contributed by atoms with Crippen LogP contribution < -0.4 is 10.6 Å². The summed E-state index contributed by atoms with van der Waals surface area (Å²) < 4.78 is 2.47. The van der Waals surface area contributed by atoms with Gasteiger partial charge in [0.05, 0.1) is 29.1 Å². The Morgan fingerprint density at radius 2 is 1.93 bits per heavy atom. The summed E-state index contributed by atoms with van der Waals surface area (Å²) in [7, 11) is 0. The van der Waals surface area contributed by atoms with Crippen LogP contribution in [0.5, 0.6) is 0 Å². The second-order valence-corrected chi connectivity index (χ2v) is 6.95. The molecule has 0 bridgehead atoms. The standard InChI is InChI=1S/C18H19BrN8/c1-3-20-17-25-16-13(19)8-23-27(16)18(26-17)22-10-15-21-9-14(24-15)12-6-4-11(2)5-7-12/h4-9H,3,10H2,1-2H3,(H,21,24)(H2,20,22,25,26). The lowest BCUT2D eigenvalue weighted by Crippen LogP contribution is -2.12. The molecule has 0 unspecified atom stereocenters. The van der Waals surface area contributed by atoms with E-state index in [2.05, 4.69) is 82.8 Å². The fourth-order valence-corrected chi connectivity index (χ4v) is 3.05.